The topological polar surface area (TPSA) is 55.0 Å². The molecular formula is C15H17FN4. The third kappa shape index (κ3) is 2.04. The van der Waals surface area contributed by atoms with E-state index in [2.05, 4.69) is 22.1 Å². The molecule has 0 saturated carbocycles. The van der Waals surface area contributed by atoms with E-state index in [1.165, 1.54) is 11.9 Å². The zero-order valence-electron chi connectivity index (χ0n) is 11.4. The van der Waals surface area contributed by atoms with E-state index in [0.29, 0.717) is 24.6 Å². The number of benzene rings is 1. The van der Waals surface area contributed by atoms with Crippen molar-refractivity contribution in [2.24, 2.45) is 5.73 Å². The zero-order valence-corrected chi connectivity index (χ0v) is 11.4. The molecule has 0 radical (unpaired) electrons. The molecule has 4 nitrogen and oxygen atoms in total. The van der Waals surface area contributed by atoms with E-state index in [9.17, 15) is 4.39 Å². The Morgan fingerprint density at radius 2 is 2.15 bits per heavy atom. The van der Waals surface area contributed by atoms with E-state index >= 15 is 0 Å². The van der Waals surface area contributed by atoms with Crippen molar-refractivity contribution in [1.82, 2.24) is 9.97 Å². The van der Waals surface area contributed by atoms with Gasteiger partial charge in [0.15, 0.2) is 11.6 Å². The van der Waals surface area contributed by atoms with Crippen LogP contribution in [0.2, 0.25) is 0 Å². The van der Waals surface area contributed by atoms with Crippen LogP contribution in [-0.4, -0.2) is 23.1 Å². The fraction of sp³-hybridized carbons (Fsp3) is 0.333. The number of nitrogens with two attached hydrogens (primary N) is 1. The van der Waals surface area contributed by atoms with Gasteiger partial charge in [0.05, 0.1) is 11.7 Å². The average Bonchev–Trinajstić information content (AvgIpc) is 2.49. The quantitative estimate of drug-likeness (QED) is 0.908. The smallest absolute Gasteiger partial charge is 0.186 e. The molecule has 3 rings (SSSR count). The van der Waals surface area contributed by atoms with Gasteiger partial charge in [0, 0.05) is 13.1 Å². The summed E-state index contributed by atoms with van der Waals surface area (Å²) in [5.41, 5.74) is 8.74. The van der Waals surface area contributed by atoms with Gasteiger partial charge in [-0.1, -0.05) is 24.3 Å². The van der Waals surface area contributed by atoms with Crippen LogP contribution < -0.4 is 10.6 Å². The predicted octanol–water partition coefficient (Wildman–Crippen LogP) is 1.99. The Kier molecular flexibility index (Phi) is 3.36. The first-order valence-corrected chi connectivity index (χ1v) is 6.74. The Labute approximate surface area is 117 Å². The minimum absolute atomic E-state index is 0.0382. The fourth-order valence-electron chi connectivity index (χ4n) is 2.80. The van der Waals surface area contributed by atoms with Crippen LogP contribution in [0.5, 0.6) is 0 Å². The van der Waals surface area contributed by atoms with Crippen molar-refractivity contribution in [3.05, 3.63) is 53.2 Å². The zero-order chi connectivity index (χ0) is 14.1. The highest BCUT2D eigenvalue weighted by atomic mass is 19.1. The normalized spacial score (nSPS) is 17.9. The number of anilines is 1. The number of aromatic nitrogens is 2. The van der Waals surface area contributed by atoms with Gasteiger partial charge in [-0.15, -0.1) is 0 Å². The highest BCUT2D eigenvalue weighted by Crippen LogP contribution is 2.33. The summed E-state index contributed by atoms with van der Waals surface area (Å²) in [5, 5.41) is 0. The van der Waals surface area contributed by atoms with E-state index in [1.807, 2.05) is 17.0 Å². The molecule has 1 unspecified atom stereocenters. The summed E-state index contributed by atoms with van der Waals surface area (Å²) in [7, 11) is 0. The lowest BCUT2D eigenvalue weighted by Gasteiger charge is -2.37. The maximum Gasteiger partial charge on any atom is 0.186 e. The molecular weight excluding hydrogens is 255 g/mol. The van der Waals surface area contributed by atoms with Crippen molar-refractivity contribution >= 4 is 5.82 Å². The maximum atomic E-state index is 14.3. The van der Waals surface area contributed by atoms with Crippen molar-refractivity contribution < 1.29 is 4.39 Å². The number of fused-ring (bicyclic) bond motifs is 1. The van der Waals surface area contributed by atoms with Crippen molar-refractivity contribution in [2.45, 2.75) is 19.4 Å². The van der Waals surface area contributed by atoms with Gasteiger partial charge in [-0.2, -0.15) is 0 Å². The second-order valence-corrected chi connectivity index (χ2v) is 4.99. The van der Waals surface area contributed by atoms with Crippen molar-refractivity contribution in [1.29, 1.82) is 0 Å². The first-order chi connectivity index (χ1) is 9.72. The summed E-state index contributed by atoms with van der Waals surface area (Å²) >= 11 is 0. The fourth-order valence-corrected chi connectivity index (χ4v) is 2.80. The number of nitrogens with zero attached hydrogens (tertiary/aromatic N) is 3. The van der Waals surface area contributed by atoms with Crippen molar-refractivity contribution in [3.8, 4) is 0 Å². The lowest BCUT2D eigenvalue weighted by Crippen LogP contribution is -2.40. The number of hydrogen-bond donors (Lipinski definition) is 1. The van der Waals surface area contributed by atoms with Crippen LogP contribution in [-0.2, 0) is 6.42 Å². The first-order valence-electron chi connectivity index (χ1n) is 6.74. The Morgan fingerprint density at radius 1 is 1.35 bits per heavy atom. The minimum Gasteiger partial charge on any atom is -0.345 e. The van der Waals surface area contributed by atoms with Gasteiger partial charge in [0.1, 0.15) is 6.33 Å². The van der Waals surface area contributed by atoms with Gasteiger partial charge in [0.2, 0.25) is 0 Å². The molecule has 5 heteroatoms. The molecule has 0 aliphatic carbocycles. The number of hydrogen-bond acceptors (Lipinski definition) is 4. The molecule has 0 spiro atoms. The predicted molar refractivity (Wildman–Crippen MR) is 76.0 cm³/mol. The summed E-state index contributed by atoms with van der Waals surface area (Å²) in [5.74, 6) is -0.00668. The molecule has 0 amide bonds. The maximum absolute atomic E-state index is 14.3. The van der Waals surface area contributed by atoms with Gasteiger partial charge in [0.25, 0.3) is 0 Å². The molecule has 1 aliphatic rings. The average molecular weight is 272 g/mol. The van der Waals surface area contributed by atoms with Crippen LogP contribution in [0.15, 0.2) is 30.6 Å². The largest absolute Gasteiger partial charge is 0.345 e. The molecule has 20 heavy (non-hydrogen) atoms. The highest BCUT2D eigenvalue weighted by Gasteiger charge is 2.29. The van der Waals surface area contributed by atoms with Gasteiger partial charge < -0.3 is 10.6 Å². The minimum atomic E-state index is -0.356. The van der Waals surface area contributed by atoms with Crippen LogP contribution in [0.4, 0.5) is 10.2 Å². The molecule has 2 aromatic rings. The van der Waals surface area contributed by atoms with Gasteiger partial charge in [-0.3, -0.25) is 0 Å². The first kappa shape index (κ1) is 13.0. The molecule has 104 valence electrons. The van der Waals surface area contributed by atoms with E-state index in [-0.39, 0.29) is 11.9 Å². The van der Waals surface area contributed by atoms with E-state index in [0.717, 1.165) is 12.0 Å². The standard InChI is InChI=1S/C15H17FN4/c1-10-14(16)15(19-9-18-10)20-7-6-11-4-2-3-5-12(11)13(20)8-17/h2-5,9,13H,6-8,17H2,1H3. The summed E-state index contributed by atoms with van der Waals surface area (Å²) in [6.07, 6.45) is 2.27. The Hall–Kier alpha value is -2.01. The second-order valence-electron chi connectivity index (χ2n) is 4.99. The SMILES string of the molecule is Cc1ncnc(N2CCc3ccccc3C2CN)c1F. The summed E-state index contributed by atoms with van der Waals surface area (Å²) in [6.45, 7) is 2.79. The molecule has 0 saturated heterocycles. The summed E-state index contributed by atoms with van der Waals surface area (Å²) in [4.78, 5) is 9.95. The highest BCUT2D eigenvalue weighted by molar-refractivity contribution is 5.48. The Bertz CT molecular complexity index is 629. The molecule has 1 aromatic heterocycles. The molecule has 0 bridgehead atoms. The van der Waals surface area contributed by atoms with E-state index < -0.39 is 0 Å². The molecule has 0 fully saturated rings. The number of halogens is 1. The second kappa shape index (κ2) is 5.17. The lowest BCUT2D eigenvalue weighted by molar-refractivity contribution is 0.542. The van der Waals surface area contributed by atoms with E-state index in [4.69, 9.17) is 5.73 Å². The molecule has 1 aromatic carbocycles. The molecule has 1 atom stereocenters. The van der Waals surface area contributed by atoms with Gasteiger partial charge in [-0.25, -0.2) is 14.4 Å². The van der Waals surface area contributed by atoms with Crippen LogP contribution in [0, 0.1) is 12.7 Å². The Balaban J connectivity index is 2.05. The monoisotopic (exact) mass is 272 g/mol. The van der Waals surface area contributed by atoms with Crippen molar-refractivity contribution in [2.75, 3.05) is 18.0 Å². The summed E-state index contributed by atoms with van der Waals surface area (Å²) < 4.78 is 14.3. The van der Waals surface area contributed by atoms with E-state index in [1.54, 1.807) is 6.92 Å². The molecule has 2 N–H and O–H groups in total. The lowest BCUT2D eigenvalue weighted by atomic mass is 9.92. The van der Waals surface area contributed by atoms with Gasteiger partial charge >= 0.3 is 0 Å². The van der Waals surface area contributed by atoms with Crippen molar-refractivity contribution in [3.63, 3.8) is 0 Å². The van der Waals surface area contributed by atoms with Gasteiger partial charge in [-0.05, 0) is 24.5 Å². The third-order valence-corrected chi connectivity index (χ3v) is 3.85. The molecule has 1 aliphatic heterocycles. The summed E-state index contributed by atoms with van der Waals surface area (Å²) in [6, 6.07) is 8.15. The molecule has 2 heterocycles. The Morgan fingerprint density at radius 3 is 2.95 bits per heavy atom. The van der Waals surface area contributed by atoms with Crippen LogP contribution in [0.3, 0.4) is 0 Å². The number of aryl methyl sites for hydroxylation is 1. The van der Waals surface area contributed by atoms with Crippen LogP contribution in [0.25, 0.3) is 0 Å². The number of rotatable bonds is 2. The third-order valence-electron chi connectivity index (χ3n) is 3.85. The van der Waals surface area contributed by atoms with Crippen LogP contribution in [0.1, 0.15) is 22.9 Å². The van der Waals surface area contributed by atoms with Crippen LogP contribution >= 0.6 is 0 Å².